The number of nitrogens with zero attached hydrogens (tertiary/aromatic N) is 2. The molecule has 4 saturated heterocycles. The normalized spacial score (nSPS) is 22.4. The lowest BCUT2D eigenvalue weighted by atomic mass is 9.86. The lowest BCUT2D eigenvalue weighted by Crippen LogP contribution is -2.52. The van der Waals surface area contributed by atoms with Crippen molar-refractivity contribution in [3.05, 3.63) is 112 Å². The summed E-state index contributed by atoms with van der Waals surface area (Å²) in [5.74, 6) is -0.806. The number of carbonyl (C=O) groups is 2. The molecule has 4 atom stereocenters. The molecule has 61 heavy (non-hydrogen) atoms. The predicted molar refractivity (Wildman–Crippen MR) is 222 cm³/mol. The molecule has 1 unspecified atom stereocenters. The molecule has 4 aromatic rings. The van der Waals surface area contributed by atoms with Crippen LogP contribution in [0.4, 0.5) is 14.5 Å². The van der Waals surface area contributed by atoms with E-state index in [0.29, 0.717) is 53.8 Å². The smallest absolute Gasteiger partial charge is 0.387 e. The zero-order valence-corrected chi connectivity index (χ0v) is 35.5. The van der Waals surface area contributed by atoms with Gasteiger partial charge in [0, 0.05) is 30.8 Å². The average molecular weight is 901 g/mol. The molecule has 3 aromatic carbocycles. The third-order valence-corrected chi connectivity index (χ3v) is 14.4. The Morgan fingerprint density at radius 2 is 1.62 bits per heavy atom. The van der Waals surface area contributed by atoms with Gasteiger partial charge in [-0.3, -0.25) is 9.69 Å². The Hall–Kier alpha value is -4.54. The van der Waals surface area contributed by atoms with Crippen molar-refractivity contribution in [1.29, 1.82) is 0 Å². The van der Waals surface area contributed by atoms with Crippen LogP contribution in [0.5, 0.6) is 11.5 Å². The van der Waals surface area contributed by atoms with E-state index in [1.54, 1.807) is 12.1 Å². The number of sulfonamides is 1. The second-order valence-corrected chi connectivity index (χ2v) is 18.7. The topological polar surface area (TPSA) is 138 Å². The molecule has 0 amide bonds. The fourth-order valence-electron chi connectivity index (χ4n) is 8.32. The van der Waals surface area contributed by atoms with Crippen molar-refractivity contribution in [1.82, 2.24) is 9.21 Å². The fraction of sp³-hybridized carbons (Fsp3) is 0.432. The SMILES string of the molecule is O=C(O[C@H]1CN2CCC1CC2)C(Nc1cccc(S(=O)(=O)N2CCC[C@H]2C(=O)O[C@@H](Cc2c(Cl)c[nH+]cc2Cl)c2ccc(OC(F)F)c(OCC3CC3)c2)c1)c1ccccc1. The number of aromatic amines is 1. The van der Waals surface area contributed by atoms with Gasteiger partial charge >= 0.3 is 18.6 Å². The Labute approximate surface area is 363 Å². The Bertz CT molecular complexity index is 2300. The number of ether oxygens (including phenoxy) is 4. The summed E-state index contributed by atoms with van der Waals surface area (Å²) in [6.45, 7) is -0.0707. The highest BCUT2D eigenvalue weighted by molar-refractivity contribution is 7.89. The second-order valence-electron chi connectivity index (χ2n) is 16.0. The van der Waals surface area contributed by atoms with E-state index in [1.807, 2.05) is 30.3 Å². The first kappa shape index (κ1) is 43.1. The number of H-pyrrole nitrogens is 1. The summed E-state index contributed by atoms with van der Waals surface area (Å²) in [5, 5.41) is 3.75. The van der Waals surface area contributed by atoms with Gasteiger partial charge in [0.05, 0.1) is 11.5 Å². The standard InChI is InChI=1S/C44H46Cl2F2N4O8S/c45-34-23-49-24-35(46)33(34)22-38(30-13-14-37(60-44(47)48)39(20-30)57-26-27-11-12-27)58-42(53)36-10-5-17-52(36)61(55,56)32-9-4-8-31(21-32)50-41(29-6-2-1-3-7-29)43(54)59-40-25-51-18-15-28(40)16-19-51/h1-4,6-9,13-14,20-21,23-24,27-28,36,38,40-41,44,50H,5,10-12,15-19,22,25-26H2/p+1/t36-,38-,40-,41?/m0/s1. The van der Waals surface area contributed by atoms with Gasteiger partial charge in [-0.1, -0.05) is 65.7 Å². The molecule has 5 heterocycles. The van der Waals surface area contributed by atoms with Gasteiger partial charge in [-0.2, -0.15) is 13.1 Å². The predicted octanol–water partition coefficient (Wildman–Crippen LogP) is 7.67. The maximum atomic E-state index is 14.4. The van der Waals surface area contributed by atoms with Crippen LogP contribution in [0.3, 0.4) is 0 Å². The second kappa shape index (κ2) is 18.8. The summed E-state index contributed by atoms with van der Waals surface area (Å²) in [6, 6.07) is 17.4. The Morgan fingerprint density at radius 3 is 2.31 bits per heavy atom. The van der Waals surface area contributed by atoms with Gasteiger partial charge in [0.2, 0.25) is 10.0 Å². The average Bonchev–Trinajstić information content (AvgIpc) is 3.95. The molecular formula is C44H47Cl2F2N4O8S+. The highest BCUT2D eigenvalue weighted by Gasteiger charge is 2.42. The number of esters is 2. The molecule has 0 spiro atoms. The van der Waals surface area contributed by atoms with Gasteiger partial charge in [0.15, 0.2) is 29.9 Å². The minimum Gasteiger partial charge on any atom is -0.489 e. The molecule has 1 aliphatic carbocycles. The van der Waals surface area contributed by atoms with Crippen LogP contribution < -0.4 is 19.8 Å². The molecule has 12 nitrogen and oxygen atoms in total. The summed E-state index contributed by atoms with van der Waals surface area (Å²) in [6.07, 6.45) is 6.11. The molecule has 324 valence electrons. The molecule has 2 N–H and O–H groups in total. The number of alkyl halides is 2. The first-order valence-electron chi connectivity index (χ1n) is 20.5. The maximum absolute atomic E-state index is 14.4. The van der Waals surface area contributed by atoms with Crippen LogP contribution in [0.25, 0.3) is 0 Å². The number of halogens is 4. The number of hydrogen-bond donors (Lipinski definition) is 1. The first-order chi connectivity index (χ1) is 29.4. The number of nitrogens with one attached hydrogen (secondary N) is 2. The van der Waals surface area contributed by atoms with E-state index in [-0.39, 0.29) is 51.9 Å². The lowest BCUT2D eigenvalue weighted by Gasteiger charge is -2.44. The molecule has 5 aliphatic rings. The van der Waals surface area contributed by atoms with Crippen LogP contribution in [0.2, 0.25) is 10.0 Å². The molecule has 1 saturated carbocycles. The number of carbonyl (C=O) groups excluding carboxylic acids is 2. The zero-order valence-electron chi connectivity index (χ0n) is 33.2. The highest BCUT2D eigenvalue weighted by Crippen LogP contribution is 2.39. The van der Waals surface area contributed by atoms with E-state index in [4.69, 9.17) is 42.1 Å². The summed E-state index contributed by atoms with van der Waals surface area (Å²) >= 11 is 13.1. The van der Waals surface area contributed by atoms with E-state index in [0.717, 1.165) is 43.1 Å². The number of anilines is 1. The number of piperidine rings is 3. The highest BCUT2D eigenvalue weighted by atomic mass is 35.5. The van der Waals surface area contributed by atoms with Crippen molar-refractivity contribution in [2.24, 2.45) is 11.8 Å². The molecule has 2 bridgehead atoms. The number of aromatic nitrogens is 1. The summed E-state index contributed by atoms with van der Waals surface area (Å²) in [4.78, 5) is 33.1. The fourth-order valence-corrected chi connectivity index (χ4v) is 10.5. The van der Waals surface area contributed by atoms with Crippen LogP contribution in [-0.2, 0) is 35.5 Å². The molecular weight excluding hydrogens is 853 g/mol. The molecule has 0 radical (unpaired) electrons. The van der Waals surface area contributed by atoms with Crippen LogP contribution in [0.1, 0.15) is 67.4 Å². The van der Waals surface area contributed by atoms with Gasteiger partial charge in [-0.15, -0.1) is 0 Å². The van der Waals surface area contributed by atoms with Crippen LogP contribution in [0.15, 0.2) is 90.1 Å². The minimum atomic E-state index is -4.29. The molecule has 1 aromatic heterocycles. The van der Waals surface area contributed by atoms with E-state index < -0.39 is 46.8 Å². The molecule has 4 aliphatic heterocycles. The lowest BCUT2D eigenvalue weighted by molar-refractivity contribution is -0.377. The Kier molecular flexibility index (Phi) is 13.3. The molecule has 9 rings (SSSR count). The number of fused-ring (bicyclic) bond motifs is 3. The maximum Gasteiger partial charge on any atom is 0.387 e. The zero-order chi connectivity index (χ0) is 42.7. The van der Waals surface area contributed by atoms with E-state index in [9.17, 15) is 26.8 Å². The first-order valence-corrected chi connectivity index (χ1v) is 22.7. The Balaban J connectivity index is 1.03. The third kappa shape index (κ3) is 10.2. The number of hydrogen-bond acceptors (Lipinski definition) is 10. The quantitative estimate of drug-likeness (QED) is 0.105. The van der Waals surface area contributed by atoms with Crippen molar-refractivity contribution < 1.29 is 50.7 Å². The minimum absolute atomic E-state index is 0.0347. The van der Waals surface area contributed by atoms with Crippen LogP contribution in [0, 0.1) is 11.8 Å². The third-order valence-electron chi connectivity index (χ3n) is 11.8. The van der Waals surface area contributed by atoms with Gasteiger partial charge in [-0.25, -0.2) is 18.2 Å². The summed E-state index contributed by atoms with van der Waals surface area (Å²) in [5.41, 5.74) is 1.83. The van der Waals surface area contributed by atoms with Gasteiger partial charge in [0.1, 0.15) is 28.3 Å². The summed E-state index contributed by atoms with van der Waals surface area (Å²) in [7, 11) is -4.29. The van der Waals surface area contributed by atoms with Crippen molar-refractivity contribution in [3.8, 4) is 11.5 Å². The van der Waals surface area contributed by atoms with E-state index in [2.05, 4.69) is 15.2 Å². The van der Waals surface area contributed by atoms with Crippen LogP contribution in [-0.4, -0.2) is 81.1 Å². The van der Waals surface area contributed by atoms with E-state index >= 15 is 0 Å². The van der Waals surface area contributed by atoms with Crippen LogP contribution >= 0.6 is 23.2 Å². The number of benzene rings is 3. The van der Waals surface area contributed by atoms with Gasteiger partial charge in [-0.05, 0) is 105 Å². The summed E-state index contributed by atoms with van der Waals surface area (Å²) < 4.78 is 79.7. The van der Waals surface area contributed by atoms with Gasteiger partial charge < -0.3 is 24.3 Å². The Morgan fingerprint density at radius 1 is 0.869 bits per heavy atom. The number of pyridine rings is 1. The molecule has 17 heteroatoms. The number of rotatable bonds is 17. The van der Waals surface area contributed by atoms with E-state index in [1.165, 1.54) is 42.7 Å². The van der Waals surface area contributed by atoms with Crippen molar-refractivity contribution in [2.75, 3.05) is 38.1 Å². The van der Waals surface area contributed by atoms with Gasteiger partial charge in [0.25, 0.3) is 0 Å². The molecule has 5 fully saturated rings. The van der Waals surface area contributed by atoms with Crippen molar-refractivity contribution >= 4 is 50.9 Å². The van der Waals surface area contributed by atoms with Crippen molar-refractivity contribution in [3.63, 3.8) is 0 Å². The monoisotopic (exact) mass is 899 g/mol. The largest absolute Gasteiger partial charge is 0.489 e. The van der Waals surface area contributed by atoms with Crippen molar-refractivity contribution in [2.45, 2.75) is 80.7 Å².